The molecule has 2 rings (SSSR count). The van der Waals surface area contributed by atoms with Gasteiger partial charge in [-0.15, -0.1) is 0 Å². The molecule has 94 valence electrons. The zero-order valence-electron chi connectivity index (χ0n) is 10.1. The smallest absolute Gasteiger partial charge is 0.239 e. The molecule has 6 heteroatoms. The van der Waals surface area contributed by atoms with Gasteiger partial charge in [-0.3, -0.25) is 4.79 Å². The molecule has 0 aliphatic carbocycles. The number of carbonyl (C=O) groups is 1. The van der Waals surface area contributed by atoms with Crippen molar-refractivity contribution in [1.82, 2.24) is 14.5 Å². The molecule has 3 atom stereocenters. The lowest BCUT2D eigenvalue weighted by atomic mass is 10.2. The van der Waals surface area contributed by atoms with Gasteiger partial charge in [-0.25, -0.2) is 4.98 Å². The number of ether oxygens (including phenoxy) is 1. The van der Waals surface area contributed by atoms with Crippen LogP contribution in [0.25, 0.3) is 0 Å². The number of amides is 1. The molecule has 1 fully saturated rings. The van der Waals surface area contributed by atoms with Crippen molar-refractivity contribution in [1.29, 1.82) is 0 Å². The number of hydrogen-bond donors (Lipinski definition) is 1. The zero-order chi connectivity index (χ0) is 12.4. The van der Waals surface area contributed by atoms with E-state index in [1.165, 1.54) is 0 Å². The van der Waals surface area contributed by atoms with Crippen LogP contribution >= 0.6 is 0 Å². The maximum absolute atomic E-state index is 11.8. The second kappa shape index (κ2) is 4.85. The first-order chi connectivity index (χ1) is 8.13. The Kier molecular flexibility index (Phi) is 3.44. The lowest BCUT2D eigenvalue weighted by Gasteiger charge is -2.18. The molecular formula is C11H18N4O2. The molecule has 17 heavy (non-hydrogen) atoms. The van der Waals surface area contributed by atoms with E-state index in [0.717, 1.165) is 0 Å². The summed E-state index contributed by atoms with van der Waals surface area (Å²) in [6.45, 7) is 2.91. The quantitative estimate of drug-likeness (QED) is 0.779. The number of aromatic nitrogens is 2. The molecule has 0 unspecified atom stereocenters. The Morgan fingerprint density at radius 3 is 2.88 bits per heavy atom. The van der Waals surface area contributed by atoms with Crippen LogP contribution in [-0.4, -0.2) is 52.7 Å². The lowest BCUT2D eigenvalue weighted by Crippen LogP contribution is -2.41. The number of nitrogens with zero attached hydrogens (tertiary/aromatic N) is 3. The van der Waals surface area contributed by atoms with Crippen LogP contribution in [0, 0.1) is 0 Å². The standard InChI is InChI=1S/C11H18N4O2/c1-8(12)11(16)15-5-9(10(6-15)17-2)14-4-3-13-7-14/h3-4,7-10H,5-6,12H2,1-2H3/t8-,9+,10+/m0/s1. The Labute approximate surface area is 100 Å². The van der Waals surface area contributed by atoms with Crippen molar-refractivity contribution in [2.75, 3.05) is 20.2 Å². The van der Waals surface area contributed by atoms with Gasteiger partial charge >= 0.3 is 0 Å². The number of imidazole rings is 1. The van der Waals surface area contributed by atoms with E-state index in [-0.39, 0.29) is 18.1 Å². The van der Waals surface area contributed by atoms with Crippen LogP contribution in [0.3, 0.4) is 0 Å². The molecule has 1 amide bonds. The normalized spacial score (nSPS) is 26.2. The average Bonchev–Trinajstić information content (AvgIpc) is 2.95. The van der Waals surface area contributed by atoms with Crippen molar-refractivity contribution >= 4 is 5.91 Å². The van der Waals surface area contributed by atoms with Crippen LogP contribution in [-0.2, 0) is 9.53 Å². The van der Waals surface area contributed by atoms with E-state index in [1.54, 1.807) is 31.5 Å². The van der Waals surface area contributed by atoms with Crippen LogP contribution in [0.4, 0.5) is 0 Å². The van der Waals surface area contributed by atoms with Gasteiger partial charge in [0, 0.05) is 32.6 Å². The van der Waals surface area contributed by atoms with Crippen LogP contribution in [0.2, 0.25) is 0 Å². The zero-order valence-corrected chi connectivity index (χ0v) is 10.1. The fourth-order valence-corrected chi connectivity index (χ4v) is 2.21. The predicted molar refractivity (Wildman–Crippen MR) is 62.3 cm³/mol. The van der Waals surface area contributed by atoms with Gasteiger partial charge in [-0.05, 0) is 6.92 Å². The molecule has 1 aromatic rings. The van der Waals surface area contributed by atoms with Gasteiger partial charge in [0.2, 0.25) is 5.91 Å². The first-order valence-electron chi connectivity index (χ1n) is 5.68. The molecule has 0 spiro atoms. The van der Waals surface area contributed by atoms with Gasteiger partial charge in [0.05, 0.1) is 24.5 Å². The maximum Gasteiger partial charge on any atom is 0.239 e. The summed E-state index contributed by atoms with van der Waals surface area (Å²) in [6.07, 6.45) is 5.35. The second-order valence-corrected chi connectivity index (χ2v) is 4.38. The number of carbonyl (C=O) groups excluding carboxylic acids is 1. The second-order valence-electron chi connectivity index (χ2n) is 4.38. The number of hydrogen-bond acceptors (Lipinski definition) is 4. The van der Waals surface area contributed by atoms with E-state index in [1.807, 2.05) is 10.8 Å². The third kappa shape index (κ3) is 2.32. The van der Waals surface area contributed by atoms with Crippen LogP contribution in [0.5, 0.6) is 0 Å². The molecule has 0 radical (unpaired) electrons. The van der Waals surface area contributed by atoms with Gasteiger partial charge in [-0.2, -0.15) is 0 Å². The summed E-state index contributed by atoms with van der Waals surface area (Å²) < 4.78 is 7.40. The minimum absolute atomic E-state index is 0.00750. The first kappa shape index (κ1) is 12.1. The minimum atomic E-state index is -0.464. The van der Waals surface area contributed by atoms with Gasteiger partial charge in [0.25, 0.3) is 0 Å². The number of likely N-dealkylation sites (tertiary alicyclic amines) is 1. The summed E-state index contributed by atoms with van der Waals surface area (Å²) in [4.78, 5) is 17.6. The molecule has 0 aromatic carbocycles. The SMILES string of the molecule is CO[C@@H]1CN(C(=O)[C@H](C)N)C[C@H]1n1ccnc1. The summed E-state index contributed by atoms with van der Waals surface area (Å²) in [5.74, 6) is -0.0327. The molecule has 0 saturated carbocycles. The van der Waals surface area contributed by atoms with Gasteiger partial charge < -0.3 is 19.9 Å². The van der Waals surface area contributed by atoms with E-state index < -0.39 is 6.04 Å². The summed E-state index contributed by atoms with van der Waals surface area (Å²) in [7, 11) is 1.66. The van der Waals surface area contributed by atoms with Crippen LogP contribution < -0.4 is 5.73 Å². The Morgan fingerprint density at radius 1 is 1.59 bits per heavy atom. The van der Waals surface area contributed by atoms with Crippen molar-refractivity contribution < 1.29 is 9.53 Å². The highest BCUT2D eigenvalue weighted by Crippen LogP contribution is 2.24. The van der Waals surface area contributed by atoms with Crippen molar-refractivity contribution in [3.05, 3.63) is 18.7 Å². The van der Waals surface area contributed by atoms with E-state index >= 15 is 0 Å². The number of rotatable bonds is 3. The molecule has 1 saturated heterocycles. The lowest BCUT2D eigenvalue weighted by molar-refractivity contribution is -0.131. The van der Waals surface area contributed by atoms with Crippen molar-refractivity contribution in [3.8, 4) is 0 Å². The molecule has 1 aliphatic heterocycles. The largest absolute Gasteiger partial charge is 0.377 e. The summed E-state index contributed by atoms with van der Waals surface area (Å²) >= 11 is 0. The average molecular weight is 238 g/mol. The number of methoxy groups -OCH3 is 1. The fourth-order valence-electron chi connectivity index (χ4n) is 2.21. The molecule has 6 nitrogen and oxygen atoms in total. The third-order valence-corrected chi connectivity index (χ3v) is 3.15. The molecule has 1 aromatic heterocycles. The molecular weight excluding hydrogens is 220 g/mol. The van der Waals surface area contributed by atoms with E-state index in [4.69, 9.17) is 10.5 Å². The monoisotopic (exact) mass is 238 g/mol. The highest BCUT2D eigenvalue weighted by atomic mass is 16.5. The topological polar surface area (TPSA) is 73.4 Å². The van der Waals surface area contributed by atoms with E-state index in [2.05, 4.69) is 4.98 Å². The first-order valence-corrected chi connectivity index (χ1v) is 5.68. The van der Waals surface area contributed by atoms with Gasteiger partial charge in [0.15, 0.2) is 0 Å². The summed E-state index contributed by atoms with van der Waals surface area (Å²) in [5, 5.41) is 0. The Balaban J connectivity index is 2.11. The van der Waals surface area contributed by atoms with Crippen molar-refractivity contribution in [2.45, 2.75) is 25.1 Å². The fraction of sp³-hybridized carbons (Fsp3) is 0.636. The van der Waals surface area contributed by atoms with Gasteiger partial charge in [0.1, 0.15) is 0 Å². The number of nitrogens with two attached hydrogens (primary N) is 1. The summed E-state index contributed by atoms with van der Waals surface area (Å²) in [5.41, 5.74) is 5.62. The molecule has 2 heterocycles. The molecule has 2 N–H and O–H groups in total. The molecule has 1 aliphatic rings. The van der Waals surface area contributed by atoms with Crippen molar-refractivity contribution in [2.24, 2.45) is 5.73 Å². The minimum Gasteiger partial charge on any atom is -0.377 e. The van der Waals surface area contributed by atoms with Gasteiger partial charge in [-0.1, -0.05) is 0 Å². The predicted octanol–water partition coefficient (Wildman–Crippen LogP) is -0.371. The Hall–Kier alpha value is -1.40. The highest BCUT2D eigenvalue weighted by molar-refractivity contribution is 5.81. The Morgan fingerprint density at radius 2 is 2.35 bits per heavy atom. The van der Waals surface area contributed by atoms with Crippen LogP contribution in [0.1, 0.15) is 13.0 Å². The van der Waals surface area contributed by atoms with E-state index in [9.17, 15) is 4.79 Å². The molecule has 0 bridgehead atoms. The van der Waals surface area contributed by atoms with Crippen molar-refractivity contribution in [3.63, 3.8) is 0 Å². The highest BCUT2D eigenvalue weighted by Gasteiger charge is 2.36. The Bertz CT molecular complexity index is 377. The maximum atomic E-state index is 11.8. The summed E-state index contributed by atoms with van der Waals surface area (Å²) in [6, 6.07) is -0.348. The van der Waals surface area contributed by atoms with E-state index in [0.29, 0.717) is 13.1 Å². The van der Waals surface area contributed by atoms with Crippen LogP contribution in [0.15, 0.2) is 18.7 Å². The third-order valence-electron chi connectivity index (χ3n) is 3.15.